The van der Waals surface area contributed by atoms with E-state index in [-0.39, 0.29) is 28.2 Å². The van der Waals surface area contributed by atoms with Crippen LogP contribution in [-0.4, -0.2) is 33.0 Å². The zero-order valence-corrected chi connectivity index (χ0v) is 11.0. The highest BCUT2D eigenvalue weighted by Gasteiger charge is 2.17. The van der Waals surface area contributed by atoms with Gasteiger partial charge in [0.15, 0.2) is 0 Å². The predicted octanol–water partition coefficient (Wildman–Crippen LogP) is 1.02. The van der Waals surface area contributed by atoms with Crippen molar-refractivity contribution in [3.63, 3.8) is 0 Å². The van der Waals surface area contributed by atoms with Gasteiger partial charge < -0.3 is 10.4 Å². The number of benzene rings is 1. The van der Waals surface area contributed by atoms with Crippen molar-refractivity contribution in [3.05, 3.63) is 29.8 Å². The number of amides is 1. The highest BCUT2D eigenvalue weighted by atomic mass is 32.2. The highest BCUT2D eigenvalue weighted by Crippen LogP contribution is 2.13. The second-order valence-corrected chi connectivity index (χ2v) is 5.43. The van der Waals surface area contributed by atoms with E-state index in [1.807, 2.05) is 0 Å². The van der Waals surface area contributed by atoms with E-state index < -0.39 is 16.8 Å². The first-order chi connectivity index (χ1) is 8.41. The van der Waals surface area contributed by atoms with Crippen LogP contribution in [0, 0.1) is 0 Å². The fourth-order valence-electron chi connectivity index (χ4n) is 1.40. The Kier molecular flexibility index (Phi) is 5.03. The minimum atomic E-state index is -1.65. The third kappa shape index (κ3) is 3.96. The third-order valence-corrected chi connectivity index (χ3v) is 3.45. The molecular formula is C12H15NO4S. The number of carbonyl (C=O) groups is 2. The van der Waals surface area contributed by atoms with Gasteiger partial charge in [0.2, 0.25) is 5.91 Å². The molecule has 0 aliphatic carbocycles. The summed E-state index contributed by atoms with van der Waals surface area (Å²) in [6.07, 6.45) is 0. The first kappa shape index (κ1) is 14.4. The van der Waals surface area contributed by atoms with Crippen LogP contribution in [0.25, 0.3) is 0 Å². The Bertz CT molecular complexity index is 485. The Morgan fingerprint density at radius 2 is 1.94 bits per heavy atom. The summed E-state index contributed by atoms with van der Waals surface area (Å²) >= 11 is 0. The molecule has 1 aromatic carbocycles. The summed E-state index contributed by atoms with van der Waals surface area (Å²) in [5.74, 6) is -1.74. The lowest BCUT2D eigenvalue weighted by Gasteiger charge is -2.09. The zero-order chi connectivity index (χ0) is 13.7. The van der Waals surface area contributed by atoms with Crippen LogP contribution in [0.1, 0.15) is 24.2 Å². The molecule has 1 rings (SSSR count). The molecular weight excluding hydrogens is 254 g/mol. The van der Waals surface area contributed by atoms with Crippen molar-refractivity contribution in [2.24, 2.45) is 0 Å². The molecule has 0 saturated carbocycles. The quantitative estimate of drug-likeness (QED) is 0.836. The Balaban J connectivity index is 2.85. The molecule has 0 radical (unpaired) electrons. The SMILES string of the molecule is CC(C)NC(=O)CS(=O)c1ccccc1C(=O)O. The number of aromatic carboxylic acids is 1. The molecule has 0 aromatic heterocycles. The molecule has 0 aliphatic rings. The fraction of sp³-hybridized carbons (Fsp3) is 0.333. The average molecular weight is 269 g/mol. The monoisotopic (exact) mass is 269 g/mol. The molecule has 1 unspecified atom stereocenters. The minimum absolute atomic E-state index is 0.0341. The largest absolute Gasteiger partial charge is 0.478 e. The van der Waals surface area contributed by atoms with Crippen molar-refractivity contribution in [2.45, 2.75) is 24.8 Å². The van der Waals surface area contributed by atoms with Gasteiger partial charge in [-0.1, -0.05) is 12.1 Å². The summed E-state index contributed by atoms with van der Waals surface area (Å²) in [7, 11) is -1.65. The smallest absolute Gasteiger partial charge is 0.336 e. The Morgan fingerprint density at radius 3 is 2.50 bits per heavy atom. The van der Waals surface area contributed by atoms with Crippen LogP contribution in [0.15, 0.2) is 29.2 Å². The van der Waals surface area contributed by atoms with E-state index in [1.54, 1.807) is 26.0 Å². The number of carboxylic acid groups (broad SMARTS) is 1. The molecule has 1 amide bonds. The van der Waals surface area contributed by atoms with E-state index >= 15 is 0 Å². The standard InChI is InChI=1S/C12H15NO4S/c1-8(2)13-11(14)7-18(17)10-6-4-3-5-9(10)12(15)16/h3-6,8H,7H2,1-2H3,(H,13,14)(H,15,16). The molecule has 18 heavy (non-hydrogen) atoms. The lowest BCUT2D eigenvalue weighted by molar-refractivity contribution is -0.119. The molecule has 0 fully saturated rings. The van der Waals surface area contributed by atoms with Crippen LogP contribution in [0.5, 0.6) is 0 Å². The van der Waals surface area contributed by atoms with E-state index in [0.717, 1.165) is 0 Å². The molecule has 1 aromatic rings. The lowest BCUT2D eigenvalue weighted by Crippen LogP contribution is -2.33. The van der Waals surface area contributed by atoms with Crippen LogP contribution in [0.4, 0.5) is 0 Å². The van der Waals surface area contributed by atoms with Gasteiger partial charge in [-0.3, -0.25) is 9.00 Å². The van der Waals surface area contributed by atoms with E-state index in [0.29, 0.717) is 0 Å². The van der Waals surface area contributed by atoms with Gasteiger partial charge in [-0.05, 0) is 26.0 Å². The molecule has 5 nitrogen and oxygen atoms in total. The number of carboxylic acids is 1. The van der Waals surface area contributed by atoms with Gasteiger partial charge in [0.1, 0.15) is 5.75 Å². The van der Waals surface area contributed by atoms with Crippen LogP contribution in [-0.2, 0) is 15.6 Å². The fourth-order valence-corrected chi connectivity index (χ4v) is 2.51. The van der Waals surface area contributed by atoms with Crippen LogP contribution < -0.4 is 5.32 Å². The molecule has 0 heterocycles. The maximum Gasteiger partial charge on any atom is 0.336 e. The molecule has 6 heteroatoms. The molecule has 2 N–H and O–H groups in total. The summed E-state index contributed by atoms with van der Waals surface area (Å²) < 4.78 is 11.9. The second kappa shape index (κ2) is 6.30. The lowest BCUT2D eigenvalue weighted by atomic mass is 10.2. The first-order valence-corrected chi connectivity index (χ1v) is 6.73. The summed E-state index contributed by atoms with van der Waals surface area (Å²) in [5.41, 5.74) is -0.0341. The first-order valence-electron chi connectivity index (χ1n) is 5.42. The van der Waals surface area contributed by atoms with Crippen molar-refractivity contribution < 1.29 is 18.9 Å². The number of rotatable bonds is 5. The van der Waals surface area contributed by atoms with Gasteiger partial charge in [-0.25, -0.2) is 4.79 Å². The van der Waals surface area contributed by atoms with Gasteiger partial charge in [0, 0.05) is 6.04 Å². The minimum Gasteiger partial charge on any atom is -0.478 e. The molecule has 98 valence electrons. The maximum absolute atomic E-state index is 11.9. The van der Waals surface area contributed by atoms with Crippen LogP contribution in [0.2, 0.25) is 0 Å². The summed E-state index contributed by atoms with van der Waals surface area (Å²) in [6.45, 7) is 3.60. The van der Waals surface area contributed by atoms with Gasteiger partial charge in [0.05, 0.1) is 21.3 Å². The molecule has 1 atom stereocenters. The summed E-state index contributed by atoms with van der Waals surface area (Å²) in [6, 6.07) is 5.94. The topological polar surface area (TPSA) is 83.5 Å². The van der Waals surface area contributed by atoms with E-state index in [9.17, 15) is 13.8 Å². The molecule has 0 spiro atoms. The van der Waals surface area contributed by atoms with Crippen molar-refractivity contribution in [2.75, 3.05) is 5.75 Å². The Morgan fingerprint density at radius 1 is 1.33 bits per heavy atom. The van der Waals surface area contributed by atoms with Crippen LogP contribution >= 0.6 is 0 Å². The predicted molar refractivity (Wildman–Crippen MR) is 68.0 cm³/mol. The average Bonchev–Trinajstić information content (AvgIpc) is 2.27. The van der Waals surface area contributed by atoms with Crippen LogP contribution in [0.3, 0.4) is 0 Å². The summed E-state index contributed by atoms with van der Waals surface area (Å²) in [4.78, 5) is 22.6. The van der Waals surface area contributed by atoms with Crippen molar-refractivity contribution in [1.29, 1.82) is 0 Å². The van der Waals surface area contributed by atoms with E-state index in [1.165, 1.54) is 12.1 Å². The maximum atomic E-state index is 11.9. The van der Waals surface area contributed by atoms with E-state index in [4.69, 9.17) is 5.11 Å². The van der Waals surface area contributed by atoms with Crippen molar-refractivity contribution in [3.8, 4) is 0 Å². The van der Waals surface area contributed by atoms with Crippen molar-refractivity contribution in [1.82, 2.24) is 5.32 Å². The third-order valence-electron chi connectivity index (χ3n) is 2.07. The van der Waals surface area contributed by atoms with Gasteiger partial charge in [-0.2, -0.15) is 0 Å². The number of hydrogen-bond donors (Lipinski definition) is 2. The second-order valence-electron chi connectivity index (χ2n) is 4.01. The Labute approximate surface area is 108 Å². The normalized spacial score (nSPS) is 12.2. The molecule has 0 aliphatic heterocycles. The molecule has 0 saturated heterocycles. The molecule has 0 bridgehead atoms. The Hall–Kier alpha value is -1.69. The van der Waals surface area contributed by atoms with Gasteiger partial charge >= 0.3 is 5.97 Å². The summed E-state index contributed by atoms with van der Waals surface area (Å²) in [5, 5.41) is 11.6. The number of hydrogen-bond acceptors (Lipinski definition) is 3. The number of carbonyl (C=O) groups excluding carboxylic acids is 1. The van der Waals surface area contributed by atoms with Gasteiger partial charge in [-0.15, -0.1) is 0 Å². The zero-order valence-electron chi connectivity index (χ0n) is 10.2. The highest BCUT2D eigenvalue weighted by molar-refractivity contribution is 7.85. The number of nitrogens with one attached hydrogen (secondary N) is 1. The van der Waals surface area contributed by atoms with E-state index in [2.05, 4.69) is 5.32 Å². The van der Waals surface area contributed by atoms with Gasteiger partial charge in [0.25, 0.3) is 0 Å². The van der Waals surface area contributed by atoms with Crippen molar-refractivity contribution >= 4 is 22.7 Å².